The van der Waals surface area contributed by atoms with Crippen LogP contribution in [0.5, 0.6) is 0 Å². The topological polar surface area (TPSA) is 58.1 Å². The van der Waals surface area contributed by atoms with Gasteiger partial charge in [-0.15, -0.1) is 21.5 Å². The lowest BCUT2D eigenvalue weighted by Gasteiger charge is -2.24. The first kappa shape index (κ1) is 11.1. The Kier molecular flexibility index (Phi) is 2.84. The zero-order valence-corrected chi connectivity index (χ0v) is 10.6. The Morgan fingerprint density at radius 2 is 2.41 bits per heavy atom. The molecule has 1 aliphatic heterocycles. The molecule has 6 heteroatoms. The second-order valence-corrected chi connectivity index (χ2v) is 5.80. The van der Waals surface area contributed by atoms with Gasteiger partial charge in [0.25, 0.3) is 0 Å². The van der Waals surface area contributed by atoms with Crippen LogP contribution in [0.15, 0.2) is 5.51 Å². The monoisotopic (exact) mass is 252 g/mol. The van der Waals surface area contributed by atoms with E-state index in [4.69, 9.17) is 0 Å². The molecule has 0 spiro atoms. The number of fused-ring (bicyclic) bond motifs is 1. The van der Waals surface area contributed by atoms with Gasteiger partial charge >= 0.3 is 0 Å². The van der Waals surface area contributed by atoms with Gasteiger partial charge in [0.05, 0.1) is 12.6 Å². The molecule has 3 atom stereocenters. The van der Waals surface area contributed by atoms with Gasteiger partial charge < -0.3 is 10.2 Å². The van der Waals surface area contributed by atoms with Crippen LogP contribution in [0.4, 0.5) is 0 Å². The number of amides is 1. The third kappa shape index (κ3) is 2.19. The average Bonchev–Trinajstić information content (AvgIpc) is 2.86. The fraction of sp³-hybridized carbons (Fsp3) is 0.727. The summed E-state index contributed by atoms with van der Waals surface area (Å²) in [6, 6.07) is -0.0135. The maximum Gasteiger partial charge on any atom is 0.240 e. The Morgan fingerprint density at radius 3 is 3.12 bits per heavy atom. The molecule has 1 aromatic rings. The number of carbonyl (C=O) groups is 1. The van der Waals surface area contributed by atoms with Gasteiger partial charge in [0.1, 0.15) is 10.5 Å². The molecule has 3 unspecified atom stereocenters. The quantitative estimate of drug-likeness (QED) is 0.851. The highest BCUT2D eigenvalue weighted by Crippen LogP contribution is 2.44. The van der Waals surface area contributed by atoms with Gasteiger partial charge in [-0.05, 0) is 31.7 Å². The molecule has 0 bridgehead atoms. The summed E-state index contributed by atoms with van der Waals surface area (Å²) in [5, 5.41) is 11.9. The van der Waals surface area contributed by atoms with Crippen LogP contribution in [-0.2, 0) is 11.3 Å². The number of likely N-dealkylation sites (tertiary alicyclic amines) is 1. The molecule has 2 aliphatic rings. The molecular weight excluding hydrogens is 236 g/mol. The fourth-order valence-corrected chi connectivity index (χ4v) is 3.17. The molecule has 5 nitrogen and oxygen atoms in total. The van der Waals surface area contributed by atoms with E-state index in [2.05, 4.69) is 15.5 Å². The summed E-state index contributed by atoms with van der Waals surface area (Å²) in [7, 11) is 1.87. The van der Waals surface area contributed by atoms with Crippen molar-refractivity contribution in [2.24, 2.45) is 11.8 Å². The molecule has 0 radical (unpaired) electrons. The van der Waals surface area contributed by atoms with Gasteiger partial charge in [0.15, 0.2) is 0 Å². The largest absolute Gasteiger partial charge is 0.334 e. The minimum atomic E-state index is -0.0135. The van der Waals surface area contributed by atoms with Crippen molar-refractivity contribution < 1.29 is 4.79 Å². The molecule has 17 heavy (non-hydrogen) atoms. The third-order valence-corrected chi connectivity index (χ3v) is 4.43. The van der Waals surface area contributed by atoms with Crippen molar-refractivity contribution in [3.63, 3.8) is 0 Å². The molecule has 2 fully saturated rings. The molecule has 3 rings (SSSR count). The first-order valence-corrected chi connectivity index (χ1v) is 6.87. The Hall–Kier alpha value is -1.01. The van der Waals surface area contributed by atoms with Crippen LogP contribution < -0.4 is 5.32 Å². The van der Waals surface area contributed by atoms with E-state index in [1.165, 1.54) is 17.8 Å². The van der Waals surface area contributed by atoms with Gasteiger partial charge in [-0.2, -0.15) is 0 Å². The normalized spacial score (nSPS) is 32.2. The van der Waals surface area contributed by atoms with Gasteiger partial charge in [-0.25, -0.2) is 0 Å². The standard InChI is InChI=1S/C11H16N4OS/c1-12-9-3-7-2-8(7)4-15(11(9)16)5-10-14-13-6-17-10/h6-9,12H,2-5H2,1H3. The van der Waals surface area contributed by atoms with E-state index >= 15 is 0 Å². The SMILES string of the molecule is CNC1CC2CC2CN(Cc2nncs2)C1=O. The molecule has 1 aromatic heterocycles. The molecule has 1 N–H and O–H groups in total. The van der Waals surface area contributed by atoms with E-state index in [-0.39, 0.29) is 11.9 Å². The van der Waals surface area contributed by atoms with Crippen LogP contribution in [0, 0.1) is 11.8 Å². The molecular formula is C11H16N4OS. The molecule has 2 heterocycles. The lowest BCUT2D eigenvalue weighted by molar-refractivity contribution is -0.133. The highest BCUT2D eigenvalue weighted by atomic mass is 32.1. The van der Waals surface area contributed by atoms with Gasteiger partial charge in [-0.3, -0.25) is 4.79 Å². The summed E-state index contributed by atoms with van der Waals surface area (Å²) < 4.78 is 0. The maximum atomic E-state index is 12.3. The minimum Gasteiger partial charge on any atom is -0.334 e. The maximum absolute atomic E-state index is 12.3. The number of carbonyl (C=O) groups excluding carboxylic acids is 1. The highest BCUT2D eigenvalue weighted by molar-refractivity contribution is 7.09. The van der Waals surface area contributed by atoms with Crippen molar-refractivity contribution in [3.05, 3.63) is 10.5 Å². The second-order valence-electron chi connectivity index (χ2n) is 4.88. The predicted octanol–water partition coefficient (Wildman–Crippen LogP) is 0.494. The first-order valence-electron chi connectivity index (χ1n) is 5.99. The zero-order chi connectivity index (χ0) is 11.8. The number of aromatic nitrogens is 2. The van der Waals surface area contributed by atoms with Crippen LogP contribution in [0.3, 0.4) is 0 Å². The van der Waals surface area contributed by atoms with Crippen molar-refractivity contribution in [1.82, 2.24) is 20.4 Å². The lowest BCUT2D eigenvalue weighted by atomic mass is 10.1. The molecule has 92 valence electrons. The number of hydrogen-bond acceptors (Lipinski definition) is 5. The summed E-state index contributed by atoms with van der Waals surface area (Å²) in [6.45, 7) is 1.51. The Balaban J connectivity index is 1.74. The van der Waals surface area contributed by atoms with Gasteiger partial charge in [-0.1, -0.05) is 0 Å². The van der Waals surface area contributed by atoms with E-state index in [9.17, 15) is 4.79 Å². The Labute approximate surface area is 104 Å². The lowest BCUT2D eigenvalue weighted by Crippen LogP contribution is -2.44. The predicted molar refractivity (Wildman–Crippen MR) is 64.4 cm³/mol. The van der Waals surface area contributed by atoms with E-state index in [0.29, 0.717) is 12.5 Å². The van der Waals surface area contributed by atoms with Gasteiger partial charge in [0, 0.05) is 6.54 Å². The smallest absolute Gasteiger partial charge is 0.240 e. The van der Waals surface area contributed by atoms with Crippen LogP contribution in [0.1, 0.15) is 17.8 Å². The van der Waals surface area contributed by atoms with Crippen LogP contribution in [0.2, 0.25) is 0 Å². The number of nitrogens with zero attached hydrogens (tertiary/aromatic N) is 3. The summed E-state index contributed by atoms with van der Waals surface area (Å²) in [5.74, 6) is 1.68. The van der Waals surface area contributed by atoms with E-state index in [1.807, 2.05) is 11.9 Å². The number of hydrogen-bond donors (Lipinski definition) is 1. The summed E-state index contributed by atoms with van der Waals surface area (Å²) in [5.41, 5.74) is 1.72. The van der Waals surface area contributed by atoms with Crippen molar-refractivity contribution in [2.45, 2.75) is 25.4 Å². The number of rotatable bonds is 3. The van der Waals surface area contributed by atoms with Crippen molar-refractivity contribution in [3.8, 4) is 0 Å². The molecule has 1 saturated heterocycles. The zero-order valence-electron chi connectivity index (χ0n) is 9.80. The highest BCUT2D eigenvalue weighted by Gasteiger charge is 2.45. The molecule has 1 amide bonds. The summed E-state index contributed by atoms with van der Waals surface area (Å²) in [4.78, 5) is 14.2. The van der Waals surface area contributed by atoms with E-state index < -0.39 is 0 Å². The Morgan fingerprint density at radius 1 is 1.53 bits per heavy atom. The average molecular weight is 252 g/mol. The van der Waals surface area contributed by atoms with Crippen molar-refractivity contribution in [1.29, 1.82) is 0 Å². The van der Waals surface area contributed by atoms with Crippen molar-refractivity contribution >= 4 is 17.2 Å². The van der Waals surface area contributed by atoms with Gasteiger partial charge in [0.2, 0.25) is 5.91 Å². The third-order valence-electron chi connectivity index (χ3n) is 3.75. The fourth-order valence-electron chi connectivity index (χ4n) is 2.63. The summed E-state index contributed by atoms with van der Waals surface area (Å²) >= 11 is 1.51. The number of likely N-dealkylation sites (N-methyl/N-ethyl adjacent to an activating group) is 1. The van der Waals surface area contributed by atoms with Crippen molar-refractivity contribution in [2.75, 3.05) is 13.6 Å². The number of nitrogens with one attached hydrogen (secondary N) is 1. The first-order chi connectivity index (χ1) is 8.28. The minimum absolute atomic E-state index is 0.0135. The molecule has 1 aliphatic carbocycles. The van der Waals surface area contributed by atoms with Crippen LogP contribution in [0.25, 0.3) is 0 Å². The van der Waals surface area contributed by atoms with Crippen LogP contribution >= 0.6 is 11.3 Å². The van der Waals surface area contributed by atoms with E-state index in [1.54, 1.807) is 5.51 Å². The molecule has 0 aromatic carbocycles. The Bertz CT molecular complexity index is 408. The summed E-state index contributed by atoms with van der Waals surface area (Å²) in [6.07, 6.45) is 2.27. The second kappa shape index (κ2) is 4.34. The van der Waals surface area contributed by atoms with Crippen LogP contribution in [-0.4, -0.2) is 40.6 Å². The van der Waals surface area contributed by atoms with E-state index in [0.717, 1.165) is 23.9 Å². The molecule has 1 saturated carbocycles.